The van der Waals surface area contributed by atoms with Gasteiger partial charge in [0, 0.05) is 26.2 Å². The first-order chi connectivity index (χ1) is 5.16. The highest BCUT2D eigenvalue weighted by atomic mass is 15.6. The maximum absolute atomic E-state index is 2.48. The van der Waals surface area contributed by atoms with Gasteiger partial charge in [0.15, 0.2) is 0 Å². The van der Waals surface area contributed by atoms with Crippen molar-refractivity contribution >= 4 is 0 Å². The van der Waals surface area contributed by atoms with E-state index in [9.17, 15) is 0 Å². The monoisotopic (exact) mass is 156 g/mol. The molecule has 0 aliphatic carbocycles. The van der Waals surface area contributed by atoms with Crippen molar-refractivity contribution in [2.24, 2.45) is 5.92 Å². The van der Waals surface area contributed by atoms with Gasteiger partial charge in [-0.15, -0.1) is 0 Å². The molecular formula is C9H20N2. The van der Waals surface area contributed by atoms with E-state index in [-0.39, 0.29) is 0 Å². The number of rotatable bonds is 2. The number of hydrogen-bond acceptors (Lipinski definition) is 2. The van der Waals surface area contributed by atoms with Crippen molar-refractivity contribution in [3.63, 3.8) is 0 Å². The molecule has 11 heavy (non-hydrogen) atoms. The Balaban J connectivity index is 2.54. The zero-order valence-corrected chi connectivity index (χ0v) is 8.17. The van der Waals surface area contributed by atoms with Crippen LogP contribution < -0.4 is 0 Å². The first kappa shape index (κ1) is 9.01. The minimum Gasteiger partial charge on any atom is -0.245 e. The summed E-state index contributed by atoms with van der Waals surface area (Å²) in [5, 5.41) is 4.83. The molecular weight excluding hydrogens is 136 g/mol. The van der Waals surface area contributed by atoms with Crippen molar-refractivity contribution in [3.8, 4) is 0 Å². The molecule has 0 aromatic heterocycles. The average Bonchev–Trinajstić information content (AvgIpc) is 2.30. The minimum atomic E-state index is 0.782. The molecule has 1 aliphatic heterocycles. The molecule has 0 amide bonds. The highest BCUT2D eigenvalue weighted by Gasteiger charge is 2.29. The Kier molecular flexibility index (Phi) is 2.90. The van der Waals surface area contributed by atoms with E-state index in [0.717, 1.165) is 18.5 Å². The highest BCUT2D eigenvalue weighted by Crippen LogP contribution is 2.22. The molecule has 66 valence electrons. The van der Waals surface area contributed by atoms with E-state index >= 15 is 0 Å². The molecule has 1 fully saturated rings. The Hall–Kier alpha value is -0.0800. The van der Waals surface area contributed by atoms with Crippen LogP contribution in [0.3, 0.4) is 0 Å². The first-order valence-corrected chi connectivity index (χ1v) is 4.64. The van der Waals surface area contributed by atoms with Crippen molar-refractivity contribution < 1.29 is 0 Å². The fourth-order valence-corrected chi connectivity index (χ4v) is 2.00. The summed E-state index contributed by atoms with van der Waals surface area (Å²) in [6.07, 6.45) is 1.34. The van der Waals surface area contributed by atoms with Gasteiger partial charge in [-0.3, -0.25) is 0 Å². The molecule has 0 spiro atoms. The Morgan fingerprint density at radius 3 is 2.45 bits per heavy atom. The molecule has 2 nitrogen and oxygen atoms in total. The Morgan fingerprint density at radius 1 is 1.45 bits per heavy atom. The second-order valence-electron chi connectivity index (χ2n) is 3.74. The van der Waals surface area contributed by atoms with E-state index in [1.807, 2.05) is 0 Å². The Bertz CT molecular complexity index is 123. The molecule has 0 aromatic carbocycles. The molecule has 0 aromatic rings. The van der Waals surface area contributed by atoms with Gasteiger partial charge in [-0.05, 0) is 12.3 Å². The van der Waals surface area contributed by atoms with Crippen LogP contribution in [0.4, 0.5) is 0 Å². The van der Waals surface area contributed by atoms with Gasteiger partial charge in [-0.25, -0.2) is 10.0 Å². The predicted molar refractivity (Wildman–Crippen MR) is 48.3 cm³/mol. The third kappa shape index (κ3) is 1.74. The van der Waals surface area contributed by atoms with Crippen LogP contribution in [-0.4, -0.2) is 36.2 Å². The van der Waals surface area contributed by atoms with E-state index < -0.39 is 0 Å². The summed E-state index contributed by atoms with van der Waals surface area (Å²) >= 11 is 0. The van der Waals surface area contributed by atoms with Gasteiger partial charge in [0.1, 0.15) is 0 Å². The lowest BCUT2D eigenvalue weighted by molar-refractivity contribution is 0.0126. The summed E-state index contributed by atoms with van der Waals surface area (Å²) in [6.45, 7) is 9.24. The van der Waals surface area contributed by atoms with Gasteiger partial charge < -0.3 is 0 Å². The molecule has 1 saturated heterocycles. The van der Waals surface area contributed by atoms with Crippen LogP contribution in [0.25, 0.3) is 0 Å². The Labute approximate surface area is 70.1 Å². The van der Waals surface area contributed by atoms with Crippen LogP contribution in [-0.2, 0) is 0 Å². The zero-order valence-electron chi connectivity index (χ0n) is 8.17. The van der Waals surface area contributed by atoms with Crippen molar-refractivity contribution in [2.45, 2.75) is 33.2 Å². The molecule has 0 saturated carbocycles. The number of hydrogen-bond donors (Lipinski definition) is 0. The normalized spacial score (nSPS) is 28.6. The van der Waals surface area contributed by atoms with E-state index in [0.29, 0.717) is 0 Å². The van der Waals surface area contributed by atoms with E-state index in [1.54, 1.807) is 0 Å². The van der Waals surface area contributed by atoms with Crippen LogP contribution in [0, 0.1) is 5.92 Å². The molecule has 0 bridgehead atoms. The SMILES string of the molecule is CCN1[C@H](C(C)C)CCN1C. The van der Waals surface area contributed by atoms with Crippen LogP contribution in [0.2, 0.25) is 0 Å². The van der Waals surface area contributed by atoms with Gasteiger partial charge in [-0.1, -0.05) is 20.8 Å². The summed E-state index contributed by atoms with van der Waals surface area (Å²) in [4.78, 5) is 0. The summed E-state index contributed by atoms with van der Waals surface area (Å²) in [5.41, 5.74) is 0. The first-order valence-electron chi connectivity index (χ1n) is 4.64. The molecule has 1 aliphatic rings. The topological polar surface area (TPSA) is 6.48 Å². The van der Waals surface area contributed by atoms with E-state index in [2.05, 4.69) is 37.8 Å². The quantitative estimate of drug-likeness (QED) is 0.599. The largest absolute Gasteiger partial charge is 0.245 e. The third-order valence-electron chi connectivity index (χ3n) is 2.66. The molecule has 1 atom stereocenters. The van der Waals surface area contributed by atoms with Gasteiger partial charge >= 0.3 is 0 Å². The maximum atomic E-state index is 2.48. The molecule has 0 radical (unpaired) electrons. The molecule has 0 N–H and O–H groups in total. The number of hydrazine groups is 1. The molecule has 1 heterocycles. The Morgan fingerprint density at radius 2 is 2.09 bits per heavy atom. The molecule has 1 rings (SSSR count). The second kappa shape index (κ2) is 3.55. The zero-order chi connectivity index (χ0) is 8.43. The summed E-state index contributed by atoms with van der Waals surface area (Å²) in [5.74, 6) is 0.792. The predicted octanol–water partition coefficient (Wildman–Crippen LogP) is 1.58. The van der Waals surface area contributed by atoms with Crippen LogP contribution >= 0.6 is 0 Å². The van der Waals surface area contributed by atoms with Crippen molar-refractivity contribution in [3.05, 3.63) is 0 Å². The lowest BCUT2D eigenvalue weighted by Gasteiger charge is -2.30. The smallest absolute Gasteiger partial charge is 0.0281 e. The van der Waals surface area contributed by atoms with Crippen molar-refractivity contribution in [1.82, 2.24) is 10.0 Å². The summed E-state index contributed by atoms with van der Waals surface area (Å²) < 4.78 is 0. The van der Waals surface area contributed by atoms with Crippen molar-refractivity contribution in [1.29, 1.82) is 0 Å². The lowest BCUT2D eigenvalue weighted by atomic mass is 10.0. The maximum Gasteiger partial charge on any atom is 0.0281 e. The van der Waals surface area contributed by atoms with Crippen LogP contribution in [0.1, 0.15) is 27.2 Å². The minimum absolute atomic E-state index is 0.782. The summed E-state index contributed by atoms with van der Waals surface area (Å²) in [6, 6.07) is 0.782. The van der Waals surface area contributed by atoms with Gasteiger partial charge in [0.25, 0.3) is 0 Å². The fourth-order valence-electron chi connectivity index (χ4n) is 2.00. The van der Waals surface area contributed by atoms with E-state index in [1.165, 1.54) is 13.0 Å². The van der Waals surface area contributed by atoms with Gasteiger partial charge in [-0.2, -0.15) is 0 Å². The third-order valence-corrected chi connectivity index (χ3v) is 2.66. The van der Waals surface area contributed by atoms with Crippen LogP contribution in [0.15, 0.2) is 0 Å². The number of nitrogens with zero attached hydrogens (tertiary/aromatic N) is 2. The van der Waals surface area contributed by atoms with Crippen molar-refractivity contribution in [2.75, 3.05) is 20.1 Å². The van der Waals surface area contributed by atoms with Gasteiger partial charge in [0.2, 0.25) is 0 Å². The van der Waals surface area contributed by atoms with Crippen LogP contribution in [0.5, 0.6) is 0 Å². The molecule has 2 heteroatoms. The summed E-state index contributed by atoms with van der Waals surface area (Å²) in [7, 11) is 2.19. The second-order valence-corrected chi connectivity index (χ2v) is 3.74. The average molecular weight is 156 g/mol. The van der Waals surface area contributed by atoms with Gasteiger partial charge in [0.05, 0.1) is 0 Å². The lowest BCUT2D eigenvalue weighted by Crippen LogP contribution is -2.40. The molecule has 0 unspecified atom stereocenters. The fraction of sp³-hybridized carbons (Fsp3) is 1.00. The standard InChI is InChI=1S/C9H20N2/c1-5-11-9(8(2)3)6-7-10(11)4/h8-9H,5-7H2,1-4H3/t9-/m0/s1. The van der Waals surface area contributed by atoms with E-state index in [4.69, 9.17) is 0 Å². The highest BCUT2D eigenvalue weighted by molar-refractivity contribution is 4.78.